The molecule has 1 aromatic rings. The Morgan fingerprint density at radius 1 is 1.32 bits per heavy atom. The van der Waals surface area contributed by atoms with E-state index in [0.717, 1.165) is 44.6 Å². The SMILES string of the molecule is NC1CCC(C(=O)Nc2cccc(CN3CCSCC3)c2)C1. The van der Waals surface area contributed by atoms with Crippen LogP contribution in [0, 0.1) is 5.92 Å². The number of benzene rings is 1. The third-order valence-corrected chi connectivity index (χ3v) is 5.49. The Morgan fingerprint density at radius 2 is 2.14 bits per heavy atom. The predicted molar refractivity (Wildman–Crippen MR) is 93.0 cm³/mol. The number of anilines is 1. The molecule has 1 aliphatic heterocycles. The smallest absolute Gasteiger partial charge is 0.227 e. The molecule has 0 spiro atoms. The molecule has 5 heteroatoms. The van der Waals surface area contributed by atoms with Crippen LogP contribution in [0.15, 0.2) is 24.3 Å². The van der Waals surface area contributed by atoms with Crippen LogP contribution in [0.2, 0.25) is 0 Å². The van der Waals surface area contributed by atoms with E-state index >= 15 is 0 Å². The van der Waals surface area contributed by atoms with Gasteiger partial charge in [-0.25, -0.2) is 0 Å². The monoisotopic (exact) mass is 319 g/mol. The molecule has 1 saturated carbocycles. The van der Waals surface area contributed by atoms with E-state index in [0.29, 0.717) is 0 Å². The van der Waals surface area contributed by atoms with Gasteiger partial charge in [0.05, 0.1) is 0 Å². The molecule has 120 valence electrons. The van der Waals surface area contributed by atoms with E-state index in [2.05, 4.69) is 22.3 Å². The summed E-state index contributed by atoms with van der Waals surface area (Å²) in [6, 6.07) is 8.45. The number of nitrogens with two attached hydrogens (primary N) is 1. The molecule has 4 nitrogen and oxygen atoms in total. The highest BCUT2D eigenvalue weighted by Gasteiger charge is 2.27. The predicted octanol–water partition coefficient (Wildman–Crippen LogP) is 2.30. The lowest BCUT2D eigenvalue weighted by atomic mass is 10.1. The Bertz CT molecular complexity index is 516. The first-order chi connectivity index (χ1) is 10.7. The van der Waals surface area contributed by atoms with Gasteiger partial charge in [0.25, 0.3) is 0 Å². The maximum absolute atomic E-state index is 12.3. The molecule has 0 radical (unpaired) electrons. The highest BCUT2D eigenvalue weighted by molar-refractivity contribution is 7.99. The minimum Gasteiger partial charge on any atom is -0.328 e. The van der Waals surface area contributed by atoms with Crippen LogP contribution in [-0.4, -0.2) is 41.4 Å². The molecule has 2 unspecified atom stereocenters. The van der Waals surface area contributed by atoms with Crippen molar-refractivity contribution in [2.45, 2.75) is 31.8 Å². The summed E-state index contributed by atoms with van der Waals surface area (Å²) in [6.07, 6.45) is 2.69. The molecule has 2 atom stereocenters. The summed E-state index contributed by atoms with van der Waals surface area (Å²) >= 11 is 2.03. The largest absolute Gasteiger partial charge is 0.328 e. The molecule has 22 heavy (non-hydrogen) atoms. The molecule has 1 heterocycles. The summed E-state index contributed by atoms with van der Waals surface area (Å²) in [4.78, 5) is 14.8. The van der Waals surface area contributed by atoms with Crippen LogP contribution in [0.5, 0.6) is 0 Å². The van der Waals surface area contributed by atoms with E-state index in [9.17, 15) is 4.79 Å². The first-order valence-electron chi connectivity index (χ1n) is 8.16. The van der Waals surface area contributed by atoms with Gasteiger partial charge in [-0.05, 0) is 37.0 Å². The van der Waals surface area contributed by atoms with Gasteiger partial charge in [0.1, 0.15) is 0 Å². The van der Waals surface area contributed by atoms with Gasteiger partial charge in [-0.15, -0.1) is 0 Å². The summed E-state index contributed by atoms with van der Waals surface area (Å²) in [6.45, 7) is 3.28. The molecule has 2 fully saturated rings. The number of hydrogen-bond acceptors (Lipinski definition) is 4. The first kappa shape index (κ1) is 15.8. The van der Waals surface area contributed by atoms with Crippen LogP contribution in [0.25, 0.3) is 0 Å². The zero-order chi connectivity index (χ0) is 15.4. The Hall–Kier alpha value is -1.04. The normalized spacial score (nSPS) is 26.0. The van der Waals surface area contributed by atoms with Crippen molar-refractivity contribution in [3.05, 3.63) is 29.8 Å². The topological polar surface area (TPSA) is 58.4 Å². The van der Waals surface area contributed by atoms with E-state index in [1.54, 1.807) is 0 Å². The number of nitrogens with zero attached hydrogens (tertiary/aromatic N) is 1. The summed E-state index contributed by atoms with van der Waals surface area (Å²) in [5.74, 6) is 2.65. The summed E-state index contributed by atoms with van der Waals surface area (Å²) in [5.41, 5.74) is 8.08. The fourth-order valence-electron chi connectivity index (χ4n) is 3.26. The Balaban J connectivity index is 1.57. The Kier molecular flexibility index (Phi) is 5.39. The van der Waals surface area contributed by atoms with Gasteiger partial charge in [-0.2, -0.15) is 11.8 Å². The van der Waals surface area contributed by atoms with Gasteiger partial charge in [0.15, 0.2) is 0 Å². The van der Waals surface area contributed by atoms with Crippen molar-refractivity contribution in [3.63, 3.8) is 0 Å². The van der Waals surface area contributed by atoms with Crippen molar-refractivity contribution in [2.75, 3.05) is 29.9 Å². The maximum Gasteiger partial charge on any atom is 0.227 e. The summed E-state index contributed by atoms with van der Waals surface area (Å²) < 4.78 is 0. The van der Waals surface area contributed by atoms with Crippen LogP contribution in [-0.2, 0) is 11.3 Å². The van der Waals surface area contributed by atoms with Crippen molar-refractivity contribution >= 4 is 23.4 Å². The van der Waals surface area contributed by atoms with Crippen LogP contribution in [0.3, 0.4) is 0 Å². The van der Waals surface area contributed by atoms with E-state index in [1.807, 2.05) is 23.9 Å². The van der Waals surface area contributed by atoms with E-state index in [1.165, 1.54) is 17.1 Å². The zero-order valence-corrected chi connectivity index (χ0v) is 13.8. The number of carbonyl (C=O) groups excluding carboxylic acids is 1. The standard InChI is InChI=1S/C17H25N3OS/c18-15-5-4-14(11-15)17(21)19-16-3-1-2-13(10-16)12-20-6-8-22-9-7-20/h1-3,10,14-15H,4-9,11-12,18H2,(H,19,21). The number of hydrogen-bond donors (Lipinski definition) is 2. The molecule has 1 aromatic carbocycles. The van der Waals surface area contributed by atoms with Crippen LogP contribution >= 0.6 is 11.8 Å². The first-order valence-corrected chi connectivity index (χ1v) is 9.31. The summed E-state index contributed by atoms with van der Waals surface area (Å²) in [5, 5.41) is 3.06. The van der Waals surface area contributed by atoms with Crippen LogP contribution in [0.4, 0.5) is 5.69 Å². The van der Waals surface area contributed by atoms with Gasteiger partial charge in [0.2, 0.25) is 5.91 Å². The molecule has 0 bridgehead atoms. The Labute approximate surface area is 136 Å². The average Bonchev–Trinajstić information content (AvgIpc) is 2.95. The number of rotatable bonds is 4. The molecular formula is C17H25N3OS. The minimum absolute atomic E-state index is 0.0813. The molecule has 0 aromatic heterocycles. The van der Waals surface area contributed by atoms with Gasteiger partial charge < -0.3 is 11.1 Å². The highest BCUT2D eigenvalue weighted by Crippen LogP contribution is 2.25. The van der Waals surface area contributed by atoms with Gasteiger partial charge >= 0.3 is 0 Å². The number of carbonyl (C=O) groups is 1. The lowest BCUT2D eigenvalue weighted by molar-refractivity contribution is -0.119. The highest BCUT2D eigenvalue weighted by atomic mass is 32.2. The third kappa shape index (κ3) is 4.24. The molecule has 1 saturated heterocycles. The average molecular weight is 319 g/mol. The molecule has 1 aliphatic carbocycles. The zero-order valence-electron chi connectivity index (χ0n) is 13.0. The summed E-state index contributed by atoms with van der Waals surface area (Å²) in [7, 11) is 0. The molecule has 2 aliphatic rings. The van der Waals surface area contributed by atoms with Crippen molar-refractivity contribution < 1.29 is 4.79 Å². The van der Waals surface area contributed by atoms with Gasteiger partial charge in [0, 0.05) is 48.8 Å². The second-order valence-electron chi connectivity index (χ2n) is 6.35. The molecule has 3 rings (SSSR count). The lowest BCUT2D eigenvalue weighted by Crippen LogP contribution is -2.32. The van der Waals surface area contributed by atoms with Crippen LogP contribution < -0.4 is 11.1 Å². The fourth-order valence-corrected chi connectivity index (χ4v) is 4.24. The maximum atomic E-state index is 12.3. The van der Waals surface area contributed by atoms with E-state index in [-0.39, 0.29) is 17.9 Å². The number of thioether (sulfide) groups is 1. The van der Waals surface area contributed by atoms with Crippen LogP contribution in [0.1, 0.15) is 24.8 Å². The van der Waals surface area contributed by atoms with Gasteiger partial charge in [-0.3, -0.25) is 9.69 Å². The number of nitrogens with one attached hydrogen (secondary N) is 1. The quantitative estimate of drug-likeness (QED) is 0.894. The third-order valence-electron chi connectivity index (χ3n) is 4.55. The van der Waals surface area contributed by atoms with Crippen molar-refractivity contribution in [1.82, 2.24) is 4.90 Å². The second kappa shape index (κ2) is 7.49. The van der Waals surface area contributed by atoms with E-state index < -0.39 is 0 Å². The van der Waals surface area contributed by atoms with Crippen molar-refractivity contribution in [1.29, 1.82) is 0 Å². The van der Waals surface area contributed by atoms with Crippen molar-refractivity contribution in [2.24, 2.45) is 11.7 Å². The fraction of sp³-hybridized carbons (Fsp3) is 0.588. The molecule has 1 amide bonds. The second-order valence-corrected chi connectivity index (χ2v) is 7.57. The Morgan fingerprint density at radius 3 is 2.86 bits per heavy atom. The molecule has 3 N–H and O–H groups in total. The van der Waals surface area contributed by atoms with Gasteiger partial charge in [-0.1, -0.05) is 12.1 Å². The van der Waals surface area contributed by atoms with E-state index in [4.69, 9.17) is 5.73 Å². The lowest BCUT2D eigenvalue weighted by Gasteiger charge is -2.26. The number of amides is 1. The van der Waals surface area contributed by atoms with Crippen molar-refractivity contribution in [3.8, 4) is 0 Å². The minimum atomic E-state index is 0.0813. The molecular weight excluding hydrogens is 294 g/mol.